The number of hydrogen-bond donors (Lipinski definition) is 2. The molecule has 1 heterocycles. The van der Waals surface area contributed by atoms with Crippen molar-refractivity contribution < 1.29 is 27.1 Å². The zero-order valence-electron chi connectivity index (χ0n) is 14.2. The third-order valence-corrected chi connectivity index (χ3v) is 3.71. The van der Waals surface area contributed by atoms with Gasteiger partial charge in [-0.15, -0.1) is 0 Å². The molecule has 2 atom stereocenters. The van der Waals surface area contributed by atoms with E-state index < -0.39 is 29.3 Å². The summed E-state index contributed by atoms with van der Waals surface area (Å²) in [6, 6.07) is -0.259. The highest BCUT2D eigenvalue weighted by Crippen LogP contribution is 2.31. The summed E-state index contributed by atoms with van der Waals surface area (Å²) >= 11 is 0. The molecule has 2 rings (SSSR count). The average molecular weight is 363 g/mol. The average Bonchev–Trinajstić information content (AvgIpc) is 2.84. The number of pyridine rings is 1. The lowest BCUT2D eigenvalue weighted by atomic mass is 10.1. The van der Waals surface area contributed by atoms with Gasteiger partial charge >= 0.3 is 12.3 Å². The van der Waals surface area contributed by atoms with Crippen molar-refractivity contribution in [2.45, 2.75) is 63.9 Å². The van der Waals surface area contributed by atoms with Gasteiger partial charge < -0.3 is 15.4 Å². The molecule has 0 radical (unpaired) electrons. The normalized spacial score (nSPS) is 21.1. The van der Waals surface area contributed by atoms with Crippen molar-refractivity contribution >= 4 is 11.9 Å². The summed E-state index contributed by atoms with van der Waals surface area (Å²) < 4.78 is 56.8. The minimum atomic E-state index is -4.65. The Hall–Kier alpha value is -2.06. The number of aromatic nitrogens is 1. The fourth-order valence-corrected chi connectivity index (χ4v) is 2.64. The Bertz CT molecular complexity index is 629. The van der Waals surface area contributed by atoms with E-state index in [-0.39, 0.29) is 17.9 Å². The molecule has 140 valence electrons. The van der Waals surface area contributed by atoms with Gasteiger partial charge in [-0.05, 0) is 46.1 Å². The van der Waals surface area contributed by atoms with Gasteiger partial charge in [0.15, 0.2) is 11.6 Å². The van der Waals surface area contributed by atoms with Crippen LogP contribution in [0.15, 0.2) is 12.3 Å². The minimum Gasteiger partial charge on any atom is -0.444 e. The van der Waals surface area contributed by atoms with E-state index in [4.69, 9.17) is 4.74 Å². The van der Waals surface area contributed by atoms with Crippen LogP contribution in [0.3, 0.4) is 0 Å². The fraction of sp³-hybridized carbons (Fsp3) is 0.625. The van der Waals surface area contributed by atoms with Crippen molar-refractivity contribution in [2.24, 2.45) is 0 Å². The number of amides is 1. The van der Waals surface area contributed by atoms with E-state index in [2.05, 4.69) is 15.6 Å². The molecule has 1 aromatic rings. The summed E-state index contributed by atoms with van der Waals surface area (Å²) in [6.45, 7) is 5.20. The van der Waals surface area contributed by atoms with Crippen LogP contribution >= 0.6 is 0 Å². The standard InChI is InChI=1S/C16H21F4N3O2/c1-15(2,3)25-14(24)23-12-6-4-5-11(12)22-13-10(17)7-9(8-21-13)16(18,19)20/h7-8,11-12H,4-6H2,1-3H3,(H,21,22)(H,23,24)/t11-,12?/m0/s1. The monoisotopic (exact) mass is 363 g/mol. The van der Waals surface area contributed by atoms with E-state index in [0.29, 0.717) is 25.1 Å². The van der Waals surface area contributed by atoms with E-state index >= 15 is 0 Å². The second-order valence-corrected chi connectivity index (χ2v) is 6.99. The van der Waals surface area contributed by atoms with Gasteiger partial charge in [0.05, 0.1) is 11.6 Å². The number of alkyl halides is 3. The van der Waals surface area contributed by atoms with Crippen molar-refractivity contribution in [1.29, 1.82) is 0 Å². The van der Waals surface area contributed by atoms with Crippen molar-refractivity contribution in [3.8, 4) is 0 Å². The molecular formula is C16H21F4N3O2. The maximum Gasteiger partial charge on any atom is 0.417 e. The van der Waals surface area contributed by atoms with Crippen LogP contribution in [-0.4, -0.2) is 28.8 Å². The first-order chi connectivity index (χ1) is 11.5. The highest BCUT2D eigenvalue weighted by Gasteiger charge is 2.34. The number of nitrogens with one attached hydrogen (secondary N) is 2. The Morgan fingerprint density at radius 2 is 1.88 bits per heavy atom. The van der Waals surface area contributed by atoms with E-state index in [1.165, 1.54) is 0 Å². The molecule has 1 aliphatic carbocycles. The van der Waals surface area contributed by atoms with Gasteiger partial charge in [-0.25, -0.2) is 14.2 Å². The largest absolute Gasteiger partial charge is 0.444 e. The molecule has 25 heavy (non-hydrogen) atoms. The van der Waals surface area contributed by atoms with Gasteiger partial charge in [-0.2, -0.15) is 13.2 Å². The second-order valence-electron chi connectivity index (χ2n) is 6.99. The Kier molecular flexibility index (Phi) is 5.43. The summed E-state index contributed by atoms with van der Waals surface area (Å²) in [5.74, 6) is -1.35. The SMILES string of the molecule is CC(C)(C)OC(=O)NC1CCC[C@@H]1Nc1ncc(C(F)(F)F)cc1F. The molecule has 0 aliphatic heterocycles. The number of carbonyl (C=O) groups is 1. The van der Waals surface area contributed by atoms with Gasteiger partial charge in [0.1, 0.15) is 5.60 Å². The highest BCUT2D eigenvalue weighted by atomic mass is 19.4. The first kappa shape index (κ1) is 19.3. The summed E-state index contributed by atoms with van der Waals surface area (Å²) in [5.41, 5.74) is -1.79. The van der Waals surface area contributed by atoms with Crippen LogP contribution in [0.2, 0.25) is 0 Å². The van der Waals surface area contributed by atoms with E-state index in [1.807, 2.05) is 0 Å². The molecule has 1 amide bonds. The first-order valence-electron chi connectivity index (χ1n) is 7.94. The molecule has 1 aliphatic rings. The summed E-state index contributed by atoms with van der Waals surface area (Å²) in [7, 11) is 0. The number of alkyl carbamates (subject to hydrolysis) is 1. The van der Waals surface area contributed by atoms with Gasteiger partial charge in [0, 0.05) is 12.2 Å². The fourth-order valence-electron chi connectivity index (χ4n) is 2.64. The molecule has 1 saturated carbocycles. The van der Waals surface area contributed by atoms with Gasteiger partial charge in [0.25, 0.3) is 0 Å². The topological polar surface area (TPSA) is 63.2 Å². The van der Waals surface area contributed by atoms with Crippen LogP contribution < -0.4 is 10.6 Å². The number of ether oxygens (including phenoxy) is 1. The molecule has 9 heteroatoms. The molecule has 1 unspecified atom stereocenters. The number of rotatable bonds is 3. The number of anilines is 1. The van der Waals surface area contributed by atoms with Crippen LogP contribution in [-0.2, 0) is 10.9 Å². The van der Waals surface area contributed by atoms with E-state index in [1.54, 1.807) is 20.8 Å². The molecule has 0 aromatic carbocycles. The Morgan fingerprint density at radius 1 is 1.24 bits per heavy atom. The molecule has 0 spiro atoms. The Labute approximate surface area is 143 Å². The van der Waals surface area contributed by atoms with Crippen LogP contribution in [0, 0.1) is 5.82 Å². The first-order valence-corrected chi connectivity index (χ1v) is 7.94. The maximum absolute atomic E-state index is 13.9. The molecule has 2 N–H and O–H groups in total. The van der Waals surface area contributed by atoms with Crippen molar-refractivity contribution in [3.63, 3.8) is 0 Å². The number of nitrogens with zero attached hydrogens (tertiary/aromatic N) is 1. The molecule has 0 bridgehead atoms. The number of halogens is 4. The zero-order chi connectivity index (χ0) is 18.8. The minimum absolute atomic E-state index is 0.268. The third-order valence-electron chi connectivity index (χ3n) is 3.71. The predicted octanol–water partition coefficient (Wildman–Crippen LogP) is 4.10. The van der Waals surface area contributed by atoms with E-state index in [0.717, 1.165) is 6.42 Å². The van der Waals surface area contributed by atoms with Crippen LogP contribution in [0.5, 0.6) is 0 Å². The quantitative estimate of drug-likeness (QED) is 0.794. The van der Waals surface area contributed by atoms with Crippen molar-refractivity contribution in [3.05, 3.63) is 23.6 Å². The predicted molar refractivity (Wildman–Crippen MR) is 83.6 cm³/mol. The van der Waals surface area contributed by atoms with Crippen LogP contribution in [0.4, 0.5) is 28.2 Å². The smallest absolute Gasteiger partial charge is 0.417 e. The van der Waals surface area contributed by atoms with E-state index in [9.17, 15) is 22.4 Å². The second kappa shape index (κ2) is 7.05. The van der Waals surface area contributed by atoms with Gasteiger partial charge in [0.2, 0.25) is 0 Å². The van der Waals surface area contributed by atoms with Gasteiger partial charge in [-0.3, -0.25) is 0 Å². The summed E-state index contributed by atoms with van der Waals surface area (Å²) in [5, 5.41) is 5.49. The van der Waals surface area contributed by atoms with Crippen LogP contribution in [0.1, 0.15) is 45.6 Å². The Balaban J connectivity index is 2.03. The molecule has 5 nitrogen and oxygen atoms in total. The zero-order valence-corrected chi connectivity index (χ0v) is 14.2. The lowest BCUT2D eigenvalue weighted by molar-refractivity contribution is -0.138. The van der Waals surface area contributed by atoms with Crippen LogP contribution in [0.25, 0.3) is 0 Å². The summed E-state index contributed by atoms with van der Waals surface area (Å²) in [6.07, 6.45) is -2.61. The molecular weight excluding hydrogens is 342 g/mol. The molecule has 0 saturated heterocycles. The summed E-state index contributed by atoms with van der Waals surface area (Å²) in [4.78, 5) is 15.4. The van der Waals surface area contributed by atoms with Crippen molar-refractivity contribution in [2.75, 3.05) is 5.32 Å². The maximum atomic E-state index is 13.9. The molecule has 1 aromatic heterocycles. The molecule has 1 fully saturated rings. The van der Waals surface area contributed by atoms with Gasteiger partial charge in [-0.1, -0.05) is 0 Å². The lowest BCUT2D eigenvalue weighted by Crippen LogP contribution is -2.45. The third kappa shape index (κ3) is 5.47. The van der Waals surface area contributed by atoms with Crippen molar-refractivity contribution in [1.82, 2.24) is 10.3 Å². The number of hydrogen-bond acceptors (Lipinski definition) is 4. The highest BCUT2D eigenvalue weighted by molar-refractivity contribution is 5.68. The lowest BCUT2D eigenvalue weighted by Gasteiger charge is -2.25. The number of carbonyl (C=O) groups excluding carboxylic acids is 1. The Morgan fingerprint density at radius 3 is 2.44 bits per heavy atom.